The molecule has 3 aromatic rings. The van der Waals surface area contributed by atoms with Crippen molar-refractivity contribution in [1.82, 2.24) is 14.3 Å². The molecule has 0 aliphatic carbocycles. The van der Waals surface area contributed by atoms with Gasteiger partial charge in [-0.05, 0) is 36.4 Å². The minimum Gasteiger partial charge on any atom is -0.497 e. The average molecular weight is 429 g/mol. The second-order valence-electron chi connectivity index (χ2n) is 6.78. The first kappa shape index (κ1) is 20.2. The van der Waals surface area contributed by atoms with E-state index in [-0.39, 0.29) is 29.6 Å². The molecule has 0 atom stereocenters. The first-order valence-electron chi connectivity index (χ1n) is 9.25. The fourth-order valence-electron chi connectivity index (χ4n) is 3.36. The molecule has 1 aliphatic rings. The Bertz CT molecular complexity index is 1180. The molecule has 1 aliphatic heterocycles. The summed E-state index contributed by atoms with van der Waals surface area (Å²) >= 11 is 0. The number of nitrogens with zero attached hydrogens (tertiary/aromatic N) is 3. The molecule has 1 aromatic heterocycles. The molecule has 4 rings (SSSR count). The van der Waals surface area contributed by atoms with Gasteiger partial charge in [-0.1, -0.05) is 0 Å². The van der Waals surface area contributed by atoms with E-state index in [2.05, 4.69) is 9.97 Å². The number of hydrogen-bond acceptors (Lipinski definition) is 6. The molecule has 2 aromatic carbocycles. The summed E-state index contributed by atoms with van der Waals surface area (Å²) in [6.07, 6.45) is 2.07. The number of ether oxygens (including phenoxy) is 2. The Balaban J connectivity index is 1.63. The molecule has 30 heavy (non-hydrogen) atoms. The van der Waals surface area contributed by atoms with Crippen LogP contribution in [-0.2, 0) is 23.0 Å². The van der Waals surface area contributed by atoms with Gasteiger partial charge >= 0.3 is 0 Å². The van der Waals surface area contributed by atoms with Crippen molar-refractivity contribution in [3.8, 4) is 22.9 Å². The largest absolute Gasteiger partial charge is 0.497 e. The van der Waals surface area contributed by atoms with E-state index >= 15 is 0 Å². The highest BCUT2D eigenvalue weighted by Gasteiger charge is 2.32. The fraction of sp³-hybridized carbons (Fsp3) is 0.238. The summed E-state index contributed by atoms with van der Waals surface area (Å²) in [4.78, 5) is 8.96. The molecule has 0 spiro atoms. The summed E-state index contributed by atoms with van der Waals surface area (Å²) in [5.41, 5.74) is 2.22. The van der Waals surface area contributed by atoms with Crippen molar-refractivity contribution in [1.29, 1.82) is 0 Å². The van der Waals surface area contributed by atoms with Crippen molar-refractivity contribution >= 4 is 10.0 Å². The Hall–Kier alpha value is -3.04. The highest BCUT2D eigenvalue weighted by atomic mass is 32.2. The van der Waals surface area contributed by atoms with Gasteiger partial charge < -0.3 is 9.47 Å². The van der Waals surface area contributed by atoms with Gasteiger partial charge in [0.15, 0.2) is 5.82 Å². The second kappa shape index (κ2) is 8.00. The van der Waals surface area contributed by atoms with Crippen LogP contribution in [0, 0.1) is 5.82 Å². The summed E-state index contributed by atoms with van der Waals surface area (Å²) < 4.78 is 51.5. The maximum atomic E-state index is 13.3. The molecule has 156 valence electrons. The van der Waals surface area contributed by atoms with Crippen molar-refractivity contribution in [3.63, 3.8) is 0 Å². The number of methoxy groups -OCH3 is 2. The van der Waals surface area contributed by atoms with Gasteiger partial charge in [0.2, 0.25) is 10.0 Å². The van der Waals surface area contributed by atoms with Gasteiger partial charge in [0, 0.05) is 42.9 Å². The summed E-state index contributed by atoms with van der Waals surface area (Å²) in [5.74, 6) is 0.841. The number of benzene rings is 2. The number of rotatable bonds is 5. The van der Waals surface area contributed by atoms with Crippen LogP contribution in [-0.4, -0.2) is 43.5 Å². The SMILES string of the molecule is COc1ccc(OC)c(S(=O)(=O)N2CCc3nc(-c4ccc(F)cc4)ncc3C2)c1. The van der Waals surface area contributed by atoms with Gasteiger partial charge in [0.05, 0.1) is 19.9 Å². The third-order valence-electron chi connectivity index (χ3n) is 4.99. The predicted octanol–water partition coefficient (Wildman–Crippen LogP) is 3.05. The van der Waals surface area contributed by atoms with Crippen molar-refractivity contribution in [2.45, 2.75) is 17.9 Å². The van der Waals surface area contributed by atoms with E-state index in [1.165, 1.54) is 36.7 Å². The van der Waals surface area contributed by atoms with Gasteiger partial charge in [-0.2, -0.15) is 4.31 Å². The molecule has 0 radical (unpaired) electrons. The molecule has 7 nitrogen and oxygen atoms in total. The van der Waals surface area contributed by atoms with Gasteiger partial charge in [-0.15, -0.1) is 0 Å². The monoisotopic (exact) mass is 429 g/mol. The first-order valence-corrected chi connectivity index (χ1v) is 10.7. The van der Waals surface area contributed by atoms with Gasteiger partial charge in [0.25, 0.3) is 0 Å². The van der Waals surface area contributed by atoms with Crippen LogP contribution in [0.25, 0.3) is 11.4 Å². The lowest BCUT2D eigenvalue weighted by molar-refractivity contribution is 0.371. The maximum Gasteiger partial charge on any atom is 0.247 e. The minimum atomic E-state index is -3.82. The van der Waals surface area contributed by atoms with Crippen molar-refractivity contribution < 1.29 is 22.3 Å². The zero-order chi connectivity index (χ0) is 21.3. The van der Waals surface area contributed by atoms with E-state index in [0.717, 1.165) is 11.3 Å². The molecule has 0 saturated heterocycles. The van der Waals surface area contributed by atoms with Crippen LogP contribution in [0.3, 0.4) is 0 Å². The van der Waals surface area contributed by atoms with E-state index in [1.807, 2.05) is 0 Å². The number of aromatic nitrogens is 2. The Morgan fingerprint density at radius 3 is 2.53 bits per heavy atom. The maximum absolute atomic E-state index is 13.3. The normalized spacial score (nSPS) is 14.2. The van der Waals surface area contributed by atoms with Gasteiger partial charge in [-0.25, -0.2) is 22.8 Å². The average Bonchev–Trinajstić information content (AvgIpc) is 2.78. The molecule has 2 heterocycles. The van der Waals surface area contributed by atoms with Crippen molar-refractivity contribution in [2.24, 2.45) is 0 Å². The van der Waals surface area contributed by atoms with Gasteiger partial charge in [-0.3, -0.25) is 0 Å². The van der Waals surface area contributed by atoms with E-state index in [0.29, 0.717) is 23.6 Å². The second-order valence-corrected chi connectivity index (χ2v) is 8.68. The molecule has 0 saturated carbocycles. The Kier molecular flexibility index (Phi) is 5.40. The zero-order valence-corrected chi connectivity index (χ0v) is 17.3. The van der Waals surface area contributed by atoms with Gasteiger partial charge in [0.1, 0.15) is 22.2 Å². The highest BCUT2D eigenvalue weighted by Crippen LogP contribution is 2.33. The third-order valence-corrected chi connectivity index (χ3v) is 6.86. The van der Waals surface area contributed by atoms with Crippen molar-refractivity contribution in [3.05, 3.63) is 65.7 Å². The van der Waals surface area contributed by atoms with Crippen LogP contribution in [0.2, 0.25) is 0 Å². The molecular formula is C21H20FN3O4S. The Labute approximate surface area is 174 Å². The lowest BCUT2D eigenvalue weighted by atomic mass is 10.1. The summed E-state index contributed by atoms with van der Waals surface area (Å²) in [5, 5.41) is 0. The molecule has 0 N–H and O–H groups in total. The predicted molar refractivity (Wildman–Crippen MR) is 108 cm³/mol. The molecule has 9 heteroatoms. The number of fused-ring (bicyclic) bond motifs is 1. The molecule has 0 bridgehead atoms. The summed E-state index contributed by atoms with van der Waals surface area (Å²) in [7, 11) is -0.911. The third kappa shape index (κ3) is 3.73. The van der Waals surface area contributed by atoms with E-state index in [1.54, 1.807) is 30.5 Å². The van der Waals surface area contributed by atoms with Crippen LogP contribution < -0.4 is 9.47 Å². The lowest BCUT2D eigenvalue weighted by Crippen LogP contribution is -2.36. The molecule has 0 amide bonds. The minimum absolute atomic E-state index is 0.0525. The summed E-state index contributed by atoms with van der Waals surface area (Å²) in [6.45, 7) is 0.428. The van der Waals surface area contributed by atoms with E-state index in [9.17, 15) is 12.8 Å². The first-order chi connectivity index (χ1) is 14.4. The van der Waals surface area contributed by atoms with Crippen LogP contribution in [0.4, 0.5) is 4.39 Å². The number of halogens is 1. The molecular weight excluding hydrogens is 409 g/mol. The fourth-order valence-corrected chi connectivity index (χ4v) is 4.95. The Morgan fingerprint density at radius 2 is 1.83 bits per heavy atom. The van der Waals surface area contributed by atoms with Crippen LogP contribution in [0.5, 0.6) is 11.5 Å². The number of hydrogen-bond donors (Lipinski definition) is 0. The van der Waals surface area contributed by atoms with Crippen LogP contribution >= 0.6 is 0 Å². The molecule has 0 unspecified atom stereocenters. The van der Waals surface area contributed by atoms with Crippen molar-refractivity contribution in [2.75, 3.05) is 20.8 Å². The van der Waals surface area contributed by atoms with Crippen LogP contribution in [0.15, 0.2) is 53.6 Å². The van der Waals surface area contributed by atoms with E-state index < -0.39 is 10.0 Å². The zero-order valence-electron chi connectivity index (χ0n) is 16.5. The smallest absolute Gasteiger partial charge is 0.247 e. The number of sulfonamides is 1. The van der Waals surface area contributed by atoms with Crippen LogP contribution in [0.1, 0.15) is 11.3 Å². The topological polar surface area (TPSA) is 81.6 Å². The summed E-state index contributed by atoms with van der Waals surface area (Å²) in [6, 6.07) is 10.6. The highest BCUT2D eigenvalue weighted by molar-refractivity contribution is 7.89. The molecule has 0 fully saturated rings. The lowest BCUT2D eigenvalue weighted by Gasteiger charge is -2.28. The Morgan fingerprint density at radius 1 is 1.07 bits per heavy atom. The quantitative estimate of drug-likeness (QED) is 0.620. The van der Waals surface area contributed by atoms with E-state index in [4.69, 9.17) is 9.47 Å². The standard InChI is InChI=1S/C21H20FN3O4S/c1-28-17-7-8-19(29-2)20(11-17)30(26,27)25-10-9-18-15(13-25)12-23-21(24-18)14-3-5-16(22)6-4-14/h3-8,11-12H,9-10,13H2,1-2H3.